The van der Waals surface area contributed by atoms with Gasteiger partial charge in [0.15, 0.2) is 5.78 Å². The van der Waals surface area contributed by atoms with E-state index in [0.717, 1.165) is 189 Å². The van der Waals surface area contributed by atoms with E-state index in [2.05, 4.69) is 63.7 Å². The summed E-state index contributed by atoms with van der Waals surface area (Å²) in [6.07, 6.45) is 16.6. The molecule has 11 N–H and O–H groups in total. The van der Waals surface area contributed by atoms with Crippen LogP contribution in [0.4, 0.5) is 5.69 Å². The molecule has 2 fully saturated rings. The number of halogens is 8. The maximum absolute atomic E-state index is 12.0. The number of ketones is 2. The molecule has 4 aromatic heterocycles. The molecule has 15 rings (SSSR count). The molecule has 0 spiro atoms. The van der Waals surface area contributed by atoms with Crippen LogP contribution in [0.1, 0.15) is 193 Å². The Labute approximate surface area is 706 Å². The number of anilines is 1. The number of carbonyl (C=O) groups is 8. The van der Waals surface area contributed by atoms with Crippen molar-refractivity contribution in [3.63, 3.8) is 0 Å². The van der Waals surface area contributed by atoms with E-state index in [0.29, 0.717) is 55.5 Å². The monoisotopic (exact) mass is 1800 g/mol. The number of H-pyrrole nitrogens is 3. The smallest absolute Gasteiger partial charge is 0.870 e. The number of hydrogen-bond donors (Lipinski definition) is 7. The minimum Gasteiger partial charge on any atom is -0.870 e. The van der Waals surface area contributed by atoms with Crippen molar-refractivity contribution in [3.8, 4) is 0 Å². The van der Waals surface area contributed by atoms with Crippen LogP contribution in [-0.4, -0.2) is 102 Å². The van der Waals surface area contributed by atoms with Gasteiger partial charge in [0.2, 0.25) is 11.8 Å². The number of amides is 2. The number of carboxylic acid groups (broad SMARTS) is 1. The normalized spacial score (nSPS) is 19.1. The Bertz CT molecular complexity index is 4500. The van der Waals surface area contributed by atoms with E-state index < -0.39 is 23.7 Å². The van der Waals surface area contributed by atoms with Gasteiger partial charge >= 0.3 is 53.4 Å². The first-order valence-electron chi connectivity index (χ1n) is 35.7. The molecule has 9 aromatic rings. The van der Waals surface area contributed by atoms with Gasteiger partial charge in [-0.3, -0.25) is 38.4 Å². The van der Waals surface area contributed by atoms with Crippen molar-refractivity contribution in [2.75, 3.05) is 25.6 Å². The quantitative estimate of drug-likeness (QED) is 0.0176. The molecule has 584 valence electrons. The molecular formula is C80H94Br3Cl5N7NaO13. The molecule has 0 saturated heterocycles. The Morgan fingerprint density at radius 3 is 1.31 bits per heavy atom. The number of rotatable bonds is 9. The molecule has 29 heteroatoms. The van der Waals surface area contributed by atoms with Crippen molar-refractivity contribution in [3.05, 3.63) is 167 Å². The zero-order valence-corrected chi connectivity index (χ0v) is 71.5. The summed E-state index contributed by atoms with van der Waals surface area (Å²) in [5.41, 5.74) is 30.0. The standard InChI is InChI=1S/C15H16ClNO2.C14H15ClN2O.C13H13ClN2O.C13H12ClNO2.C9H13BrO3.C9H14O3.C6H6ClN.CH4.Br2.Na.H2O/c1-2-19-15(18)11-5-3-4-10-12-8-9(16)6-7-13(12)17-14(10)11;1-17-11-6-5-8(15)7-10(11)13-9(14(16)18)3-2-4-12(13)17;14-7-4-5-11-10(6-7)8-2-1-3-9(13(15)17)12(8)16-11;14-7-4-5-11-10(6-7)8-2-1-3-9(13(16)17)12(8)15-11;1-2-13-9(12)6-4-3-5-7(10)8(6)11;1-2-12-9(11)7-5-3-4-6-8(7)10;7-5-1-3-6(8)4-2-5;;1-2;;/h6-8,11,17H,2-5H2,1H3;5-7,9H,2-4H2,1H3,(H2,16,18);4-6,9,16H,1-3H2,(H2,15,17);4-6,9,15H,1-3H2,(H,16,17);6-7H,2-5H2,1H3;7H,2-6H2,1H3;1-4H,8H2;1H4;;;1H2/q;;;;;;;;;+1;/p-1. The summed E-state index contributed by atoms with van der Waals surface area (Å²) in [6.45, 7) is 6.48. The van der Waals surface area contributed by atoms with Crippen LogP contribution in [0.3, 0.4) is 0 Å². The number of fused-ring (bicyclic) bond motifs is 12. The number of nitrogens with two attached hydrogens (primary N) is 3. The van der Waals surface area contributed by atoms with Gasteiger partial charge in [0.25, 0.3) is 0 Å². The molecule has 7 atom stereocenters. The summed E-state index contributed by atoms with van der Waals surface area (Å²) in [4.78, 5) is 101. The minimum atomic E-state index is -0.747. The van der Waals surface area contributed by atoms with E-state index in [1.54, 1.807) is 38.1 Å². The fraction of sp³-hybridized carbons (Fsp3) is 0.425. The maximum atomic E-state index is 12.0. The predicted octanol–water partition coefficient (Wildman–Crippen LogP) is 16.7. The van der Waals surface area contributed by atoms with Crippen molar-refractivity contribution in [1.29, 1.82) is 0 Å². The van der Waals surface area contributed by atoms with E-state index in [9.17, 15) is 43.5 Å². The second-order valence-electron chi connectivity index (χ2n) is 26.6. The molecule has 0 bridgehead atoms. The summed E-state index contributed by atoms with van der Waals surface area (Å²) >= 11 is 38.4. The van der Waals surface area contributed by atoms with Crippen molar-refractivity contribution in [2.24, 2.45) is 30.4 Å². The minimum absolute atomic E-state index is 0. The first-order valence-corrected chi connectivity index (χ1v) is 42.2. The zero-order valence-electron chi connectivity index (χ0n) is 60.9. The second kappa shape index (κ2) is 45.1. The Kier molecular flexibility index (Phi) is 38.7. The first kappa shape index (κ1) is 93.7. The summed E-state index contributed by atoms with van der Waals surface area (Å²) < 4.78 is 16.9. The van der Waals surface area contributed by atoms with Gasteiger partial charge in [0, 0.05) is 139 Å². The van der Waals surface area contributed by atoms with Crippen LogP contribution in [0.2, 0.25) is 25.1 Å². The zero-order chi connectivity index (χ0) is 77.1. The number of nitrogens with zero attached hydrogens (tertiary/aromatic N) is 1. The van der Waals surface area contributed by atoms with Crippen LogP contribution < -0.4 is 46.8 Å². The third-order valence-corrected chi connectivity index (χ3v) is 21.9. The SMILES string of the molecule is BrBr.C.CCOC(=O)C1CCCC(Br)C1=O.CCOC(=O)C1CCCCC1=O.CCOC(=O)C1CCCc2c1[nH]c1ccc(Cl)cc21.Cn1c2c(c3cc(Cl)ccc31)C(C(N)=O)CCC2.NC(=O)C1CCCc2c1[nH]c1ccc(Cl)cc21.Nc1ccc(Cl)cc1.O=C(O)C1CCCc2c1[nH]c1ccc(Cl)cc21.[Na+].[OH-]. The fourth-order valence-corrected chi connectivity index (χ4v) is 16.3. The maximum Gasteiger partial charge on any atom is 1.00 e. The van der Waals surface area contributed by atoms with E-state index >= 15 is 0 Å². The van der Waals surface area contributed by atoms with Crippen LogP contribution in [0.25, 0.3) is 43.6 Å². The molecule has 20 nitrogen and oxygen atoms in total. The number of aromatic amines is 3. The van der Waals surface area contributed by atoms with Crippen molar-refractivity contribution >= 4 is 199 Å². The summed E-state index contributed by atoms with van der Waals surface area (Å²) in [7, 11) is 2.04. The van der Waals surface area contributed by atoms with E-state index in [1.807, 2.05) is 86.8 Å². The Morgan fingerprint density at radius 1 is 0.486 bits per heavy atom. The largest absolute Gasteiger partial charge is 1.00 e. The molecule has 5 aromatic carbocycles. The number of carboxylic acids is 1. The molecule has 7 unspecified atom stereocenters. The fourth-order valence-electron chi connectivity index (χ4n) is 14.8. The second-order valence-corrected chi connectivity index (χ2v) is 29.8. The molecular weight excluding hydrogens is 1710 g/mol. The molecule has 0 radical (unpaired) electrons. The van der Waals surface area contributed by atoms with Crippen molar-refractivity contribution < 1.29 is 92.7 Å². The number of carbonyl (C=O) groups excluding carboxylic acids is 7. The van der Waals surface area contributed by atoms with Gasteiger partial charge in [-0.2, -0.15) is 0 Å². The third-order valence-electron chi connectivity index (χ3n) is 19.8. The van der Waals surface area contributed by atoms with Crippen LogP contribution in [0.5, 0.6) is 0 Å². The van der Waals surface area contributed by atoms with E-state index in [4.69, 9.17) is 89.4 Å². The van der Waals surface area contributed by atoms with Gasteiger partial charge in [0.05, 0.1) is 48.3 Å². The first-order chi connectivity index (χ1) is 50.8. The number of nitrogen functional groups attached to an aromatic ring is 1. The van der Waals surface area contributed by atoms with Crippen LogP contribution in [-0.2, 0) is 85.3 Å². The number of primary amides is 2. The van der Waals surface area contributed by atoms with Gasteiger partial charge in [-0.25, -0.2) is 0 Å². The topological polar surface area (TPSA) is 345 Å². The average Bonchev–Trinajstić information content (AvgIpc) is 1.61. The Hall–Kier alpha value is -5.93. The number of aryl methyl sites for hydroxylation is 4. The third kappa shape index (κ3) is 24.1. The summed E-state index contributed by atoms with van der Waals surface area (Å²) in [6, 6.07) is 30.1. The number of alkyl halides is 1. The van der Waals surface area contributed by atoms with Gasteiger partial charge in [0.1, 0.15) is 17.6 Å². The molecule has 2 amide bonds. The van der Waals surface area contributed by atoms with Gasteiger partial charge < -0.3 is 61.5 Å². The number of benzene rings is 5. The average molecular weight is 1800 g/mol. The molecule has 0 aliphatic heterocycles. The molecule has 6 aliphatic rings. The van der Waals surface area contributed by atoms with Crippen molar-refractivity contribution in [1.82, 2.24) is 19.5 Å². The number of aromatic nitrogens is 4. The number of nitrogens with one attached hydrogen (secondary N) is 3. The number of Topliss-reactive ketones (excluding diaryl/α,β-unsaturated/α-hetero) is 2. The Balaban J connectivity index is 0.000000229. The van der Waals surface area contributed by atoms with Gasteiger partial charge in [-0.15, -0.1) is 0 Å². The van der Waals surface area contributed by atoms with Crippen LogP contribution >= 0.6 is 102 Å². The van der Waals surface area contributed by atoms with Gasteiger partial charge in [-0.1, -0.05) is 94.2 Å². The van der Waals surface area contributed by atoms with Crippen LogP contribution in [0, 0.1) is 11.8 Å². The van der Waals surface area contributed by atoms with E-state index in [1.165, 1.54) is 16.8 Å². The molecule has 6 aliphatic carbocycles. The number of hydrogen-bond acceptors (Lipinski definition) is 13. The number of aliphatic carboxylic acids is 1. The summed E-state index contributed by atoms with van der Waals surface area (Å²) in [5.74, 6) is -3.91. The Morgan fingerprint density at radius 2 is 0.862 bits per heavy atom. The predicted molar refractivity (Wildman–Crippen MR) is 441 cm³/mol. The van der Waals surface area contributed by atoms with E-state index in [-0.39, 0.29) is 106 Å². The number of ether oxygens (including phenoxy) is 3. The number of esters is 3. The van der Waals surface area contributed by atoms with Crippen LogP contribution in [0.15, 0.2) is 97.1 Å². The molecule has 109 heavy (non-hydrogen) atoms. The molecule has 4 heterocycles. The van der Waals surface area contributed by atoms with Crippen molar-refractivity contribution in [2.45, 2.75) is 179 Å². The summed E-state index contributed by atoms with van der Waals surface area (Å²) in [5, 5.41) is 17.2. The molecule has 2 saturated carbocycles. The van der Waals surface area contributed by atoms with Gasteiger partial charge in [-0.05, 0) is 243 Å².